The monoisotopic (exact) mass is 493 g/mol. The molecule has 0 atom stereocenters. The molecule has 3 rings (SSSR count). The summed E-state index contributed by atoms with van der Waals surface area (Å²) in [7, 11) is 0. The van der Waals surface area contributed by atoms with Crippen LogP contribution in [0.25, 0.3) is 0 Å². The second-order valence-corrected chi connectivity index (χ2v) is 7.74. The lowest BCUT2D eigenvalue weighted by Gasteiger charge is -2.21. The van der Waals surface area contributed by atoms with Crippen LogP contribution in [0, 0.1) is 17.0 Å². The summed E-state index contributed by atoms with van der Waals surface area (Å²) >= 11 is 12.1. The SMILES string of the molecule is CCN(CC[n+]1cccc(C)c1)c1ccc(N=Nc2c(Cl)cc([N+](=O)[O-])cc2Cl)cc1.[Cl-]. The predicted molar refractivity (Wildman–Crippen MR) is 123 cm³/mol. The Morgan fingerprint density at radius 1 is 1.09 bits per heavy atom. The number of nitro benzene ring substituents is 1. The first-order valence-corrected chi connectivity index (χ1v) is 10.5. The molecule has 0 spiro atoms. The highest BCUT2D eigenvalue weighted by Crippen LogP contribution is 2.37. The maximum Gasteiger partial charge on any atom is 0.272 e. The molecule has 0 saturated carbocycles. The largest absolute Gasteiger partial charge is 1.00 e. The fraction of sp³-hybridized carbons (Fsp3) is 0.227. The van der Waals surface area contributed by atoms with Crippen LogP contribution in [-0.2, 0) is 6.54 Å². The average Bonchev–Trinajstić information content (AvgIpc) is 2.74. The number of nitro groups is 1. The van der Waals surface area contributed by atoms with Gasteiger partial charge in [-0.1, -0.05) is 23.2 Å². The summed E-state index contributed by atoms with van der Waals surface area (Å²) in [5.41, 5.74) is 2.94. The van der Waals surface area contributed by atoms with Gasteiger partial charge in [0.15, 0.2) is 18.9 Å². The van der Waals surface area contributed by atoms with E-state index in [2.05, 4.69) is 58.1 Å². The number of halogens is 3. The van der Waals surface area contributed by atoms with Gasteiger partial charge in [-0.05, 0) is 44.2 Å². The maximum atomic E-state index is 10.9. The Bertz CT molecular complexity index is 1080. The Kier molecular flexibility index (Phi) is 9.38. The zero-order valence-corrected chi connectivity index (χ0v) is 19.8. The minimum absolute atomic E-state index is 0. The molecule has 1 heterocycles. The lowest BCUT2D eigenvalue weighted by Crippen LogP contribution is -3.00. The van der Waals surface area contributed by atoms with Gasteiger partial charge in [0.05, 0.1) is 27.2 Å². The van der Waals surface area contributed by atoms with Crippen molar-refractivity contribution in [1.29, 1.82) is 0 Å². The van der Waals surface area contributed by atoms with Gasteiger partial charge < -0.3 is 17.3 Å². The number of azo groups is 1. The molecule has 0 aliphatic rings. The highest BCUT2D eigenvalue weighted by molar-refractivity contribution is 6.39. The lowest BCUT2D eigenvalue weighted by atomic mass is 10.2. The number of nitrogens with zero attached hydrogens (tertiary/aromatic N) is 5. The topological polar surface area (TPSA) is 75.0 Å². The van der Waals surface area contributed by atoms with Crippen LogP contribution in [-0.4, -0.2) is 18.0 Å². The van der Waals surface area contributed by atoms with Gasteiger partial charge in [0.1, 0.15) is 5.69 Å². The first kappa shape index (κ1) is 25.5. The lowest BCUT2D eigenvalue weighted by molar-refractivity contribution is -0.694. The Morgan fingerprint density at radius 2 is 1.75 bits per heavy atom. The standard InChI is InChI=1S/C22H22Cl2N5O2.ClH/c1-3-28(12-11-27-10-4-5-16(2)15-27)18-8-6-17(7-9-18)25-26-22-20(23)13-19(29(30)31)14-21(22)24;/h4-10,13-15H,3,11-12H2,1-2H3;1H/q+1;/p-1. The van der Waals surface area contributed by atoms with Crippen molar-refractivity contribution in [2.24, 2.45) is 10.2 Å². The van der Waals surface area contributed by atoms with Crippen LogP contribution in [0.1, 0.15) is 12.5 Å². The Balaban J connectivity index is 0.00000363. The van der Waals surface area contributed by atoms with E-state index in [-0.39, 0.29) is 33.8 Å². The average molecular weight is 495 g/mol. The van der Waals surface area contributed by atoms with Gasteiger partial charge in [-0.15, -0.1) is 5.11 Å². The molecule has 0 radical (unpaired) electrons. The normalized spacial score (nSPS) is 10.8. The molecular formula is C22H22Cl3N5O2. The molecule has 0 amide bonds. The predicted octanol–water partition coefficient (Wildman–Crippen LogP) is 3.44. The summed E-state index contributed by atoms with van der Waals surface area (Å²) in [6.07, 6.45) is 4.20. The van der Waals surface area contributed by atoms with E-state index in [1.807, 2.05) is 24.3 Å². The summed E-state index contributed by atoms with van der Waals surface area (Å²) in [5, 5.41) is 19.3. The molecule has 1 aromatic heterocycles. The number of non-ortho nitro benzene ring substituents is 1. The van der Waals surface area contributed by atoms with E-state index < -0.39 is 4.92 Å². The molecular weight excluding hydrogens is 473 g/mol. The maximum absolute atomic E-state index is 10.9. The van der Waals surface area contributed by atoms with Gasteiger partial charge in [0.25, 0.3) is 5.69 Å². The summed E-state index contributed by atoms with van der Waals surface area (Å²) < 4.78 is 2.18. The minimum atomic E-state index is -0.561. The zero-order chi connectivity index (χ0) is 22.4. The molecule has 0 bridgehead atoms. The minimum Gasteiger partial charge on any atom is -1.00 e. The Labute approximate surface area is 202 Å². The number of likely N-dealkylation sites (N-methyl/N-ethyl adjacent to an activating group) is 1. The number of aryl methyl sites for hydroxylation is 1. The van der Waals surface area contributed by atoms with Gasteiger partial charge >= 0.3 is 0 Å². The third-order valence-electron chi connectivity index (χ3n) is 4.71. The van der Waals surface area contributed by atoms with Crippen LogP contribution in [0.4, 0.5) is 22.7 Å². The van der Waals surface area contributed by atoms with Crippen molar-refractivity contribution in [3.63, 3.8) is 0 Å². The van der Waals surface area contributed by atoms with Crippen molar-refractivity contribution in [2.45, 2.75) is 20.4 Å². The molecule has 0 aliphatic heterocycles. The van der Waals surface area contributed by atoms with E-state index >= 15 is 0 Å². The molecule has 0 fully saturated rings. The fourth-order valence-corrected chi connectivity index (χ4v) is 3.64. The van der Waals surface area contributed by atoms with Crippen molar-refractivity contribution in [2.75, 3.05) is 18.0 Å². The Hall–Kier alpha value is -2.74. The van der Waals surface area contributed by atoms with Crippen LogP contribution >= 0.6 is 23.2 Å². The van der Waals surface area contributed by atoms with Crippen molar-refractivity contribution in [1.82, 2.24) is 0 Å². The number of rotatable bonds is 8. The molecule has 32 heavy (non-hydrogen) atoms. The number of hydrogen-bond donors (Lipinski definition) is 0. The summed E-state index contributed by atoms with van der Waals surface area (Å²) in [6, 6.07) is 14.2. The third kappa shape index (κ3) is 6.63. The first-order valence-electron chi connectivity index (χ1n) is 9.73. The van der Waals surface area contributed by atoms with E-state index in [4.69, 9.17) is 23.2 Å². The molecule has 0 N–H and O–H groups in total. The molecule has 168 valence electrons. The first-order chi connectivity index (χ1) is 14.9. The smallest absolute Gasteiger partial charge is 0.272 e. The quantitative estimate of drug-likeness (QED) is 0.208. The van der Waals surface area contributed by atoms with Crippen LogP contribution < -0.4 is 21.9 Å². The fourth-order valence-electron chi connectivity index (χ4n) is 3.09. The number of pyridine rings is 1. The summed E-state index contributed by atoms with van der Waals surface area (Å²) in [5.74, 6) is 0. The van der Waals surface area contributed by atoms with Gasteiger partial charge in [-0.25, -0.2) is 4.57 Å². The van der Waals surface area contributed by atoms with Gasteiger partial charge in [-0.2, -0.15) is 5.11 Å². The second-order valence-electron chi connectivity index (χ2n) is 6.93. The number of anilines is 1. The number of hydrogen-bond acceptors (Lipinski definition) is 5. The highest BCUT2D eigenvalue weighted by atomic mass is 35.5. The number of benzene rings is 2. The van der Waals surface area contributed by atoms with Crippen molar-refractivity contribution < 1.29 is 21.9 Å². The summed E-state index contributed by atoms with van der Waals surface area (Å²) in [4.78, 5) is 12.6. The van der Waals surface area contributed by atoms with Crippen LogP contribution in [0.15, 0.2) is 71.2 Å². The van der Waals surface area contributed by atoms with E-state index in [1.54, 1.807) is 0 Å². The van der Waals surface area contributed by atoms with Crippen LogP contribution in [0.3, 0.4) is 0 Å². The molecule has 10 heteroatoms. The van der Waals surface area contributed by atoms with Gasteiger partial charge in [0.2, 0.25) is 0 Å². The third-order valence-corrected chi connectivity index (χ3v) is 5.28. The van der Waals surface area contributed by atoms with E-state index in [0.717, 1.165) is 25.3 Å². The molecule has 0 saturated heterocycles. The second kappa shape index (κ2) is 11.8. The van der Waals surface area contributed by atoms with Crippen molar-refractivity contribution in [3.05, 3.63) is 86.6 Å². The van der Waals surface area contributed by atoms with Crippen molar-refractivity contribution in [3.8, 4) is 0 Å². The molecule has 2 aromatic carbocycles. The van der Waals surface area contributed by atoms with Gasteiger partial charge in [0, 0.05) is 36.0 Å². The van der Waals surface area contributed by atoms with E-state index in [0.29, 0.717) is 5.69 Å². The Morgan fingerprint density at radius 3 is 2.31 bits per heavy atom. The highest BCUT2D eigenvalue weighted by Gasteiger charge is 2.14. The molecule has 0 unspecified atom stereocenters. The van der Waals surface area contributed by atoms with Crippen LogP contribution in [0.5, 0.6) is 0 Å². The molecule has 3 aromatic rings. The molecule has 7 nitrogen and oxygen atoms in total. The van der Waals surface area contributed by atoms with Gasteiger partial charge in [-0.3, -0.25) is 10.1 Å². The number of aromatic nitrogens is 1. The van der Waals surface area contributed by atoms with E-state index in [9.17, 15) is 10.1 Å². The summed E-state index contributed by atoms with van der Waals surface area (Å²) in [6.45, 7) is 6.83. The van der Waals surface area contributed by atoms with Crippen molar-refractivity contribution >= 4 is 46.0 Å². The molecule has 0 aliphatic carbocycles. The van der Waals surface area contributed by atoms with E-state index in [1.165, 1.54) is 17.7 Å². The van der Waals surface area contributed by atoms with Crippen LogP contribution in [0.2, 0.25) is 10.0 Å². The zero-order valence-electron chi connectivity index (χ0n) is 17.6.